The number of anilines is 1. The largest absolute Gasteiger partial charge is 0.373 e. The van der Waals surface area contributed by atoms with Crippen LogP contribution < -0.4 is 10.6 Å². The van der Waals surface area contributed by atoms with Crippen molar-refractivity contribution in [2.75, 3.05) is 12.4 Å². The van der Waals surface area contributed by atoms with E-state index in [0.29, 0.717) is 5.02 Å². The fourth-order valence-electron chi connectivity index (χ4n) is 1.09. The van der Waals surface area contributed by atoms with E-state index >= 15 is 0 Å². The topological polar surface area (TPSA) is 41.1 Å². The minimum absolute atomic E-state index is 0.0649. The van der Waals surface area contributed by atoms with Crippen molar-refractivity contribution in [1.82, 2.24) is 5.32 Å². The first-order valence-corrected chi connectivity index (χ1v) is 4.75. The average molecular weight is 213 g/mol. The molecule has 0 bridgehead atoms. The van der Waals surface area contributed by atoms with E-state index in [1.807, 2.05) is 18.2 Å². The number of rotatable bonds is 3. The van der Waals surface area contributed by atoms with Gasteiger partial charge >= 0.3 is 0 Å². The van der Waals surface area contributed by atoms with Gasteiger partial charge in [-0.3, -0.25) is 4.79 Å². The van der Waals surface area contributed by atoms with Crippen LogP contribution in [0.2, 0.25) is 5.02 Å². The molecule has 0 spiro atoms. The second-order valence-electron chi connectivity index (χ2n) is 2.96. The van der Waals surface area contributed by atoms with Gasteiger partial charge in [-0.05, 0) is 19.1 Å². The van der Waals surface area contributed by atoms with Crippen LogP contribution in [0.25, 0.3) is 0 Å². The molecule has 14 heavy (non-hydrogen) atoms. The van der Waals surface area contributed by atoms with Crippen LogP contribution in [0.15, 0.2) is 24.3 Å². The maximum absolute atomic E-state index is 11.2. The van der Waals surface area contributed by atoms with E-state index in [4.69, 9.17) is 11.6 Å². The van der Waals surface area contributed by atoms with Crippen LogP contribution in [0.4, 0.5) is 5.69 Å². The molecule has 3 nitrogen and oxygen atoms in total. The molecule has 0 heterocycles. The predicted molar refractivity (Wildman–Crippen MR) is 58.6 cm³/mol. The first-order valence-electron chi connectivity index (χ1n) is 4.38. The molecule has 1 aromatic carbocycles. The lowest BCUT2D eigenvalue weighted by Crippen LogP contribution is -2.35. The Kier molecular flexibility index (Phi) is 3.77. The third-order valence-electron chi connectivity index (χ3n) is 1.89. The normalized spacial score (nSPS) is 11.9. The maximum atomic E-state index is 11.2. The third-order valence-corrected chi connectivity index (χ3v) is 2.22. The first-order chi connectivity index (χ1) is 6.65. The summed E-state index contributed by atoms with van der Waals surface area (Å²) in [6, 6.07) is 7.03. The van der Waals surface area contributed by atoms with E-state index in [0.717, 1.165) is 5.69 Å². The van der Waals surface area contributed by atoms with Crippen LogP contribution >= 0.6 is 11.6 Å². The molecule has 0 fully saturated rings. The molecule has 0 saturated heterocycles. The Balaban J connectivity index is 2.69. The van der Waals surface area contributed by atoms with Gasteiger partial charge in [0, 0.05) is 7.05 Å². The van der Waals surface area contributed by atoms with E-state index in [2.05, 4.69) is 10.6 Å². The summed E-state index contributed by atoms with van der Waals surface area (Å²) in [6.45, 7) is 1.78. The Morgan fingerprint density at radius 1 is 1.43 bits per heavy atom. The first kappa shape index (κ1) is 10.9. The summed E-state index contributed by atoms with van der Waals surface area (Å²) in [6.07, 6.45) is 0. The Morgan fingerprint density at radius 3 is 2.64 bits per heavy atom. The predicted octanol–water partition coefficient (Wildman–Crippen LogP) is 1.89. The van der Waals surface area contributed by atoms with E-state index in [9.17, 15) is 4.79 Å². The minimum atomic E-state index is -0.292. The monoisotopic (exact) mass is 212 g/mol. The summed E-state index contributed by atoms with van der Waals surface area (Å²) in [7, 11) is 1.60. The number of benzene rings is 1. The molecule has 2 N–H and O–H groups in total. The van der Waals surface area contributed by atoms with Crippen LogP contribution in [0.5, 0.6) is 0 Å². The van der Waals surface area contributed by atoms with Gasteiger partial charge in [-0.1, -0.05) is 23.7 Å². The summed E-state index contributed by atoms with van der Waals surface area (Å²) in [5.41, 5.74) is 0.769. The molecule has 76 valence electrons. The van der Waals surface area contributed by atoms with Gasteiger partial charge in [0.2, 0.25) is 5.91 Å². The quantitative estimate of drug-likeness (QED) is 0.804. The van der Waals surface area contributed by atoms with Crippen molar-refractivity contribution in [2.45, 2.75) is 13.0 Å². The van der Waals surface area contributed by atoms with Crippen molar-refractivity contribution >= 4 is 23.2 Å². The minimum Gasteiger partial charge on any atom is -0.373 e. The summed E-state index contributed by atoms with van der Waals surface area (Å²) >= 11 is 5.92. The van der Waals surface area contributed by atoms with Crippen LogP contribution in [0.1, 0.15) is 6.92 Å². The molecule has 0 aliphatic heterocycles. The standard InChI is InChI=1S/C10H13ClN2O/c1-7(10(14)12-2)13-9-6-4-3-5-8(9)11/h3-7,13H,1-2H3,(H,12,14)/t7-/m0/s1. The number of carbonyl (C=O) groups is 1. The molecule has 0 unspecified atom stereocenters. The molecule has 0 aromatic heterocycles. The van der Waals surface area contributed by atoms with E-state index in [1.54, 1.807) is 20.0 Å². The lowest BCUT2D eigenvalue weighted by molar-refractivity contribution is -0.121. The molecule has 0 aliphatic carbocycles. The summed E-state index contributed by atoms with van der Waals surface area (Å²) in [5.74, 6) is -0.0649. The SMILES string of the molecule is CNC(=O)[C@H](C)Nc1ccccc1Cl. The molecule has 1 atom stereocenters. The van der Waals surface area contributed by atoms with Gasteiger partial charge in [0.25, 0.3) is 0 Å². The molecular formula is C10H13ClN2O. The van der Waals surface area contributed by atoms with Crippen molar-refractivity contribution in [3.63, 3.8) is 0 Å². The molecule has 0 aliphatic rings. The van der Waals surface area contributed by atoms with E-state index < -0.39 is 0 Å². The number of carbonyl (C=O) groups excluding carboxylic acids is 1. The highest BCUT2D eigenvalue weighted by Crippen LogP contribution is 2.20. The zero-order valence-corrected chi connectivity index (χ0v) is 8.93. The molecule has 0 saturated carbocycles. The number of hydrogen-bond donors (Lipinski definition) is 2. The lowest BCUT2D eigenvalue weighted by atomic mass is 10.2. The molecule has 4 heteroatoms. The number of amides is 1. The fraction of sp³-hybridized carbons (Fsp3) is 0.300. The van der Waals surface area contributed by atoms with Gasteiger partial charge in [-0.15, -0.1) is 0 Å². The molecule has 1 rings (SSSR count). The highest BCUT2D eigenvalue weighted by atomic mass is 35.5. The zero-order chi connectivity index (χ0) is 10.6. The van der Waals surface area contributed by atoms with Crippen LogP contribution in [0.3, 0.4) is 0 Å². The summed E-state index contributed by atoms with van der Waals surface area (Å²) < 4.78 is 0. The smallest absolute Gasteiger partial charge is 0.241 e. The van der Waals surface area contributed by atoms with E-state index in [1.165, 1.54) is 0 Å². The van der Waals surface area contributed by atoms with Crippen molar-refractivity contribution < 1.29 is 4.79 Å². The van der Waals surface area contributed by atoms with Gasteiger partial charge in [-0.25, -0.2) is 0 Å². The van der Waals surface area contributed by atoms with Gasteiger partial charge in [0.05, 0.1) is 10.7 Å². The second-order valence-corrected chi connectivity index (χ2v) is 3.37. The van der Waals surface area contributed by atoms with Gasteiger partial charge in [0.15, 0.2) is 0 Å². The van der Waals surface area contributed by atoms with Gasteiger partial charge in [0.1, 0.15) is 6.04 Å². The lowest BCUT2D eigenvalue weighted by Gasteiger charge is -2.14. The Bertz CT molecular complexity index is 328. The number of halogens is 1. The van der Waals surface area contributed by atoms with Crippen LogP contribution in [-0.2, 0) is 4.79 Å². The Labute approximate surface area is 88.5 Å². The molecular weight excluding hydrogens is 200 g/mol. The summed E-state index contributed by atoms with van der Waals surface area (Å²) in [4.78, 5) is 11.2. The zero-order valence-electron chi connectivity index (χ0n) is 8.17. The van der Waals surface area contributed by atoms with Crippen molar-refractivity contribution in [2.24, 2.45) is 0 Å². The number of likely N-dealkylation sites (N-methyl/N-ethyl adjacent to an activating group) is 1. The van der Waals surface area contributed by atoms with Crippen molar-refractivity contribution in [1.29, 1.82) is 0 Å². The number of hydrogen-bond acceptors (Lipinski definition) is 2. The molecule has 1 aromatic rings. The van der Waals surface area contributed by atoms with Crippen molar-refractivity contribution in [3.05, 3.63) is 29.3 Å². The van der Waals surface area contributed by atoms with Gasteiger partial charge in [-0.2, -0.15) is 0 Å². The fourth-order valence-corrected chi connectivity index (χ4v) is 1.28. The highest BCUT2D eigenvalue weighted by molar-refractivity contribution is 6.33. The average Bonchev–Trinajstić information content (AvgIpc) is 2.20. The Hall–Kier alpha value is -1.22. The number of para-hydroxylation sites is 1. The van der Waals surface area contributed by atoms with Gasteiger partial charge < -0.3 is 10.6 Å². The summed E-state index contributed by atoms with van der Waals surface area (Å²) in [5, 5.41) is 6.19. The Morgan fingerprint density at radius 2 is 2.07 bits per heavy atom. The third kappa shape index (κ3) is 2.64. The van der Waals surface area contributed by atoms with E-state index in [-0.39, 0.29) is 11.9 Å². The van der Waals surface area contributed by atoms with Crippen LogP contribution in [0, 0.1) is 0 Å². The van der Waals surface area contributed by atoms with Crippen LogP contribution in [-0.4, -0.2) is 19.0 Å². The maximum Gasteiger partial charge on any atom is 0.241 e. The molecule has 0 radical (unpaired) electrons. The molecule has 1 amide bonds. The second kappa shape index (κ2) is 4.86. The highest BCUT2D eigenvalue weighted by Gasteiger charge is 2.11. The van der Waals surface area contributed by atoms with Crippen molar-refractivity contribution in [3.8, 4) is 0 Å². The number of nitrogens with one attached hydrogen (secondary N) is 2.